The Bertz CT molecular complexity index is 354. The number of nitrogens with one attached hydrogen (secondary N) is 3. The van der Waals surface area contributed by atoms with E-state index in [4.69, 9.17) is 0 Å². The van der Waals surface area contributed by atoms with E-state index >= 15 is 0 Å². The first-order valence-corrected chi connectivity index (χ1v) is 4.53. The summed E-state index contributed by atoms with van der Waals surface area (Å²) >= 11 is 0. The van der Waals surface area contributed by atoms with Gasteiger partial charge in [-0.15, -0.1) is 0 Å². The fourth-order valence-electron chi connectivity index (χ4n) is 1.34. The van der Waals surface area contributed by atoms with Gasteiger partial charge in [0.05, 0.1) is 0 Å². The van der Waals surface area contributed by atoms with Crippen LogP contribution in [-0.2, 0) is 5.66 Å². The molecule has 0 aromatic heterocycles. The minimum Gasteiger partial charge on any atom is -0.355 e. The van der Waals surface area contributed by atoms with Crippen LogP contribution in [0.5, 0.6) is 0 Å². The standard InChI is InChI=1S/C10H13N3O/c1-10(12-13-10)8-5-3-7(4-6-8)9(14)11-2/h3-6,12-13H,1-2H3,(H,11,14). The molecule has 1 fully saturated rings. The summed E-state index contributed by atoms with van der Waals surface area (Å²) in [5.41, 5.74) is 7.78. The van der Waals surface area contributed by atoms with E-state index in [2.05, 4.69) is 16.2 Å². The largest absolute Gasteiger partial charge is 0.355 e. The molecule has 4 heteroatoms. The summed E-state index contributed by atoms with van der Waals surface area (Å²) in [5.74, 6) is -0.0570. The van der Waals surface area contributed by atoms with Gasteiger partial charge >= 0.3 is 0 Å². The highest BCUT2D eigenvalue weighted by Gasteiger charge is 2.37. The van der Waals surface area contributed by atoms with Crippen molar-refractivity contribution in [2.24, 2.45) is 0 Å². The van der Waals surface area contributed by atoms with Gasteiger partial charge in [-0.1, -0.05) is 12.1 Å². The molecule has 3 N–H and O–H groups in total. The topological polar surface area (TPSA) is 73.0 Å². The van der Waals surface area contributed by atoms with E-state index in [1.165, 1.54) is 0 Å². The van der Waals surface area contributed by atoms with Crippen molar-refractivity contribution >= 4 is 5.91 Å². The fourth-order valence-corrected chi connectivity index (χ4v) is 1.34. The van der Waals surface area contributed by atoms with Gasteiger partial charge in [0.2, 0.25) is 0 Å². The minimum atomic E-state index is -0.110. The summed E-state index contributed by atoms with van der Waals surface area (Å²) in [5, 5.41) is 2.58. The Balaban J connectivity index is 2.22. The van der Waals surface area contributed by atoms with Crippen molar-refractivity contribution in [1.82, 2.24) is 16.2 Å². The third kappa shape index (κ3) is 1.49. The second-order valence-electron chi connectivity index (χ2n) is 3.53. The third-order valence-corrected chi connectivity index (χ3v) is 2.45. The molecule has 1 aliphatic heterocycles. The molecule has 0 spiro atoms. The molecule has 1 aromatic carbocycles. The van der Waals surface area contributed by atoms with Gasteiger partial charge in [0.25, 0.3) is 5.91 Å². The van der Waals surface area contributed by atoms with Crippen LogP contribution in [0.15, 0.2) is 24.3 Å². The third-order valence-electron chi connectivity index (χ3n) is 2.45. The number of hydrogen-bond acceptors (Lipinski definition) is 3. The quantitative estimate of drug-likeness (QED) is 0.590. The van der Waals surface area contributed by atoms with E-state index in [1.54, 1.807) is 7.05 Å². The van der Waals surface area contributed by atoms with Crippen molar-refractivity contribution in [3.63, 3.8) is 0 Å². The van der Waals surface area contributed by atoms with Crippen LogP contribution >= 0.6 is 0 Å². The van der Waals surface area contributed by atoms with Crippen LogP contribution in [0.2, 0.25) is 0 Å². The van der Waals surface area contributed by atoms with Crippen molar-refractivity contribution in [3.8, 4) is 0 Å². The van der Waals surface area contributed by atoms with Crippen LogP contribution in [0.4, 0.5) is 0 Å². The van der Waals surface area contributed by atoms with Crippen molar-refractivity contribution in [3.05, 3.63) is 35.4 Å². The molecule has 4 nitrogen and oxygen atoms in total. The Hall–Kier alpha value is -1.39. The molecule has 1 amide bonds. The lowest BCUT2D eigenvalue weighted by Crippen LogP contribution is -2.18. The monoisotopic (exact) mass is 191 g/mol. The van der Waals surface area contributed by atoms with E-state index in [9.17, 15) is 4.79 Å². The van der Waals surface area contributed by atoms with E-state index in [0.717, 1.165) is 5.56 Å². The van der Waals surface area contributed by atoms with Gasteiger partial charge in [-0.25, -0.2) is 10.9 Å². The Kier molecular flexibility index (Phi) is 2.02. The second-order valence-corrected chi connectivity index (χ2v) is 3.53. The summed E-state index contributed by atoms with van der Waals surface area (Å²) in [4.78, 5) is 11.2. The molecule has 0 bridgehead atoms. The van der Waals surface area contributed by atoms with Crippen LogP contribution in [0.1, 0.15) is 22.8 Å². The molecule has 0 aliphatic carbocycles. The Morgan fingerprint density at radius 3 is 2.29 bits per heavy atom. The highest BCUT2D eigenvalue weighted by molar-refractivity contribution is 5.93. The summed E-state index contributed by atoms with van der Waals surface area (Å²) in [6, 6.07) is 7.53. The Morgan fingerprint density at radius 2 is 1.86 bits per heavy atom. The number of hydrazine groups is 1. The lowest BCUT2D eigenvalue weighted by atomic mass is 10.0. The SMILES string of the molecule is CNC(=O)c1ccc(C2(C)NN2)cc1. The van der Waals surface area contributed by atoms with Crippen LogP contribution in [0.3, 0.4) is 0 Å². The Labute approximate surface area is 82.7 Å². The Morgan fingerprint density at radius 1 is 1.29 bits per heavy atom. The zero-order valence-electron chi connectivity index (χ0n) is 8.22. The van der Waals surface area contributed by atoms with Gasteiger partial charge in [0.1, 0.15) is 5.66 Å². The molecule has 1 heterocycles. The molecule has 14 heavy (non-hydrogen) atoms. The van der Waals surface area contributed by atoms with Gasteiger partial charge in [0.15, 0.2) is 0 Å². The molecule has 0 atom stereocenters. The first-order chi connectivity index (χ1) is 6.65. The summed E-state index contributed by atoms with van der Waals surface area (Å²) < 4.78 is 0. The normalized spacial score (nSPS) is 17.6. The van der Waals surface area contributed by atoms with Crippen LogP contribution in [0, 0.1) is 0 Å². The lowest BCUT2D eigenvalue weighted by Gasteiger charge is -2.06. The van der Waals surface area contributed by atoms with E-state index in [1.807, 2.05) is 31.2 Å². The zero-order chi connectivity index (χ0) is 10.2. The van der Waals surface area contributed by atoms with Crippen molar-refractivity contribution in [2.45, 2.75) is 12.6 Å². The number of benzene rings is 1. The number of carbonyl (C=O) groups excluding carboxylic acids is 1. The fraction of sp³-hybridized carbons (Fsp3) is 0.300. The van der Waals surface area contributed by atoms with Gasteiger partial charge < -0.3 is 5.32 Å². The summed E-state index contributed by atoms with van der Waals surface area (Å²) in [6.45, 7) is 2.04. The maximum atomic E-state index is 11.2. The summed E-state index contributed by atoms with van der Waals surface area (Å²) in [7, 11) is 1.63. The van der Waals surface area contributed by atoms with Crippen LogP contribution < -0.4 is 16.2 Å². The molecule has 0 saturated carbocycles. The first-order valence-electron chi connectivity index (χ1n) is 4.53. The molecule has 0 unspecified atom stereocenters. The predicted octanol–water partition coefficient (Wildman–Crippen LogP) is 0.327. The van der Waals surface area contributed by atoms with Gasteiger partial charge in [0, 0.05) is 12.6 Å². The van der Waals surface area contributed by atoms with Crippen LogP contribution in [-0.4, -0.2) is 13.0 Å². The van der Waals surface area contributed by atoms with E-state index in [-0.39, 0.29) is 11.6 Å². The smallest absolute Gasteiger partial charge is 0.251 e. The summed E-state index contributed by atoms with van der Waals surface area (Å²) in [6.07, 6.45) is 0. The molecule has 1 aliphatic rings. The van der Waals surface area contributed by atoms with Crippen molar-refractivity contribution < 1.29 is 4.79 Å². The number of hydrogen-bond donors (Lipinski definition) is 3. The highest BCUT2D eigenvalue weighted by Crippen LogP contribution is 2.24. The predicted molar refractivity (Wildman–Crippen MR) is 53.5 cm³/mol. The molecular weight excluding hydrogens is 178 g/mol. The van der Waals surface area contributed by atoms with Gasteiger partial charge in [-0.3, -0.25) is 4.79 Å². The van der Waals surface area contributed by atoms with Gasteiger partial charge in [-0.05, 0) is 24.6 Å². The highest BCUT2D eigenvalue weighted by atomic mass is 16.1. The maximum absolute atomic E-state index is 11.2. The number of carbonyl (C=O) groups is 1. The van der Waals surface area contributed by atoms with Crippen molar-refractivity contribution in [1.29, 1.82) is 0 Å². The number of amides is 1. The maximum Gasteiger partial charge on any atom is 0.251 e. The van der Waals surface area contributed by atoms with Gasteiger partial charge in [-0.2, -0.15) is 0 Å². The van der Waals surface area contributed by atoms with Crippen LogP contribution in [0.25, 0.3) is 0 Å². The molecule has 74 valence electrons. The van der Waals surface area contributed by atoms with E-state index in [0.29, 0.717) is 5.56 Å². The average molecular weight is 191 g/mol. The molecule has 1 saturated heterocycles. The average Bonchev–Trinajstić information content (AvgIpc) is 2.97. The molecule has 2 rings (SSSR count). The lowest BCUT2D eigenvalue weighted by molar-refractivity contribution is 0.0963. The number of rotatable bonds is 2. The minimum absolute atomic E-state index is 0.0570. The first kappa shape index (κ1) is 9.18. The molecule has 0 radical (unpaired) electrons. The second kappa shape index (κ2) is 3.08. The zero-order valence-corrected chi connectivity index (χ0v) is 8.22. The van der Waals surface area contributed by atoms with Crippen molar-refractivity contribution in [2.75, 3.05) is 7.05 Å². The molecular formula is C10H13N3O. The van der Waals surface area contributed by atoms with E-state index < -0.39 is 0 Å². The molecule has 1 aromatic rings.